The lowest BCUT2D eigenvalue weighted by molar-refractivity contribution is -0.137. The normalized spacial score (nSPS) is 11.7. The molecule has 0 atom stereocenters. The average molecular weight is 709 g/mol. The molecule has 0 aliphatic heterocycles. The molecule has 2 aromatic heterocycles. The summed E-state index contributed by atoms with van der Waals surface area (Å²) in [7, 11) is 0. The zero-order chi connectivity index (χ0) is 36.8. The van der Waals surface area contributed by atoms with Gasteiger partial charge in [0.2, 0.25) is 0 Å². The maximum atomic E-state index is 13.6. The first kappa shape index (κ1) is 33.0. The number of aryl methyl sites for hydroxylation is 1. The second kappa shape index (κ2) is 13.3. The fourth-order valence-corrected chi connectivity index (χ4v) is 7.02. The smallest absolute Gasteiger partial charge is 0.308 e. The van der Waals surface area contributed by atoms with E-state index in [4.69, 9.17) is 15.0 Å². The highest BCUT2D eigenvalue weighted by atomic mass is 19.4. The number of nitrogens with zero attached hydrogens (tertiary/aromatic N) is 4. The number of hydrogen-bond donors (Lipinski definition) is 0. The molecule has 0 aliphatic carbocycles. The molecule has 0 saturated carbocycles. The molecular formula is C47H31F3N4. The number of aromatic nitrogens is 4. The molecule has 0 fully saturated rings. The first-order valence-corrected chi connectivity index (χ1v) is 17.6. The van der Waals surface area contributed by atoms with Crippen LogP contribution in [0.3, 0.4) is 0 Å². The van der Waals surface area contributed by atoms with E-state index in [1.54, 1.807) is 0 Å². The molecule has 54 heavy (non-hydrogen) atoms. The van der Waals surface area contributed by atoms with Gasteiger partial charge in [-0.1, -0.05) is 133 Å². The molecule has 0 N–H and O–H groups in total. The van der Waals surface area contributed by atoms with Gasteiger partial charge >= 0.3 is 6.18 Å². The van der Waals surface area contributed by atoms with E-state index in [2.05, 4.69) is 66.1 Å². The summed E-state index contributed by atoms with van der Waals surface area (Å²) < 4.78 is 42.9. The molecule has 0 bridgehead atoms. The van der Waals surface area contributed by atoms with Gasteiger partial charge in [0.15, 0.2) is 17.5 Å². The van der Waals surface area contributed by atoms with E-state index in [1.165, 1.54) is 17.7 Å². The fraction of sp³-hybridized carbons (Fsp3) is 0.0426. The van der Waals surface area contributed by atoms with Crippen LogP contribution in [0.4, 0.5) is 13.2 Å². The molecule has 7 aromatic carbocycles. The highest BCUT2D eigenvalue weighted by Crippen LogP contribution is 2.40. The summed E-state index contributed by atoms with van der Waals surface area (Å²) in [6.07, 6.45) is -4.43. The first-order valence-electron chi connectivity index (χ1n) is 17.6. The van der Waals surface area contributed by atoms with E-state index in [1.807, 2.05) is 91.0 Å². The number of fused-ring (bicyclic) bond motifs is 3. The minimum Gasteiger partial charge on any atom is -0.308 e. The monoisotopic (exact) mass is 708 g/mol. The molecule has 0 radical (unpaired) electrons. The second-order valence-electron chi connectivity index (χ2n) is 13.3. The van der Waals surface area contributed by atoms with E-state index in [9.17, 15) is 13.2 Å². The molecule has 4 nitrogen and oxygen atoms in total. The third kappa shape index (κ3) is 6.09. The topological polar surface area (TPSA) is 43.6 Å². The Morgan fingerprint density at radius 2 is 0.926 bits per heavy atom. The molecule has 0 aliphatic rings. The van der Waals surface area contributed by atoms with Gasteiger partial charge in [-0.15, -0.1) is 0 Å². The molecule has 0 spiro atoms. The van der Waals surface area contributed by atoms with Gasteiger partial charge in [-0.3, -0.25) is 0 Å². The first-order chi connectivity index (χ1) is 26.3. The number of hydrogen-bond acceptors (Lipinski definition) is 3. The maximum Gasteiger partial charge on any atom is 0.416 e. The Morgan fingerprint density at radius 1 is 0.426 bits per heavy atom. The Balaban J connectivity index is 1.32. The van der Waals surface area contributed by atoms with Crippen LogP contribution in [0, 0.1) is 6.92 Å². The fourth-order valence-electron chi connectivity index (χ4n) is 7.02. The standard InChI is InChI=1S/C47H31F3N4/c1-30-16-18-31(19-17-30)35-23-27-42-40(28-35)38-14-8-9-15-41(38)54(42)43-29-36(32-20-24-37(25-21-32)47(48,49)50)22-26-39(43)46-52-44(33-10-4-2-5-11-33)51-45(53-46)34-12-6-3-7-13-34/h2-29H,1H3. The van der Waals surface area contributed by atoms with Crippen molar-refractivity contribution in [1.29, 1.82) is 0 Å². The van der Waals surface area contributed by atoms with Crippen LogP contribution in [0.1, 0.15) is 11.1 Å². The predicted molar refractivity (Wildman–Crippen MR) is 211 cm³/mol. The van der Waals surface area contributed by atoms with Crippen molar-refractivity contribution < 1.29 is 13.2 Å². The van der Waals surface area contributed by atoms with Crippen molar-refractivity contribution in [2.24, 2.45) is 0 Å². The zero-order valence-corrected chi connectivity index (χ0v) is 29.1. The summed E-state index contributed by atoms with van der Waals surface area (Å²) in [5.74, 6) is 1.53. The van der Waals surface area contributed by atoms with E-state index >= 15 is 0 Å². The van der Waals surface area contributed by atoms with Gasteiger partial charge in [-0.25, -0.2) is 15.0 Å². The Kier molecular flexibility index (Phi) is 8.12. The molecule has 0 amide bonds. The van der Waals surface area contributed by atoms with Gasteiger partial charge in [0.1, 0.15) is 0 Å². The number of rotatable bonds is 6. The summed E-state index contributed by atoms with van der Waals surface area (Å²) in [5, 5.41) is 2.14. The van der Waals surface area contributed by atoms with Crippen LogP contribution >= 0.6 is 0 Å². The van der Waals surface area contributed by atoms with Crippen molar-refractivity contribution in [1.82, 2.24) is 19.5 Å². The Bertz CT molecular complexity index is 2730. The lowest BCUT2D eigenvalue weighted by Crippen LogP contribution is -2.05. The third-order valence-electron chi connectivity index (χ3n) is 9.78. The van der Waals surface area contributed by atoms with Crippen molar-refractivity contribution >= 4 is 21.8 Å². The number of alkyl halides is 3. The van der Waals surface area contributed by atoms with E-state index in [-0.39, 0.29) is 0 Å². The van der Waals surface area contributed by atoms with Crippen LogP contribution in [0.2, 0.25) is 0 Å². The molecule has 9 rings (SSSR count). The van der Waals surface area contributed by atoms with Gasteiger partial charge in [-0.2, -0.15) is 13.2 Å². The molecule has 7 heteroatoms. The van der Waals surface area contributed by atoms with Crippen LogP contribution in [-0.4, -0.2) is 19.5 Å². The summed E-state index contributed by atoms with van der Waals surface area (Å²) >= 11 is 0. The van der Waals surface area contributed by atoms with Crippen LogP contribution < -0.4 is 0 Å². The van der Waals surface area contributed by atoms with E-state index in [0.717, 1.165) is 73.0 Å². The highest BCUT2D eigenvalue weighted by molar-refractivity contribution is 6.11. The Labute approximate surface area is 309 Å². The molecule has 2 heterocycles. The van der Waals surface area contributed by atoms with Gasteiger partial charge < -0.3 is 4.57 Å². The average Bonchev–Trinajstić information content (AvgIpc) is 3.55. The van der Waals surface area contributed by atoms with Gasteiger partial charge in [0.05, 0.1) is 22.3 Å². The summed E-state index contributed by atoms with van der Waals surface area (Å²) in [6.45, 7) is 2.08. The summed E-state index contributed by atoms with van der Waals surface area (Å²) in [6, 6.07) is 54.1. The van der Waals surface area contributed by atoms with Crippen LogP contribution in [0.5, 0.6) is 0 Å². The summed E-state index contributed by atoms with van der Waals surface area (Å²) in [5.41, 5.74) is 9.30. The maximum absolute atomic E-state index is 13.6. The lowest BCUT2D eigenvalue weighted by atomic mass is 10.00. The van der Waals surface area contributed by atoms with Crippen LogP contribution in [0.25, 0.3) is 83.9 Å². The second-order valence-corrected chi connectivity index (χ2v) is 13.3. The van der Waals surface area contributed by atoms with Gasteiger partial charge in [0, 0.05) is 27.5 Å². The van der Waals surface area contributed by atoms with Crippen LogP contribution in [-0.2, 0) is 6.18 Å². The minimum atomic E-state index is -4.43. The molecule has 0 unspecified atom stereocenters. The van der Waals surface area contributed by atoms with E-state index < -0.39 is 11.7 Å². The van der Waals surface area contributed by atoms with Crippen LogP contribution in [0.15, 0.2) is 170 Å². The molecule has 0 saturated heterocycles. The van der Waals surface area contributed by atoms with Crippen molar-refractivity contribution in [3.05, 3.63) is 181 Å². The lowest BCUT2D eigenvalue weighted by Gasteiger charge is -2.17. The van der Waals surface area contributed by atoms with E-state index in [0.29, 0.717) is 23.0 Å². The molecular weight excluding hydrogens is 678 g/mol. The van der Waals surface area contributed by atoms with Gasteiger partial charge in [0.25, 0.3) is 0 Å². The van der Waals surface area contributed by atoms with Gasteiger partial charge in [-0.05, 0) is 71.6 Å². The predicted octanol–water partition coefficient (Wildman–Crippen LogP) is 12.6. The highest BCUT2D eigenvalue weighted by Gasteiger charge is 2.30. The number of benzene rings is 7. The summed E-state index contributed by atoms with van der Waals surface area (Å²) in [4.78, 5) is 15.1. The van der Waals surface area contributed by atoms with Crippen molar-refractivity contribution in [2.45, 2.75) is 13.1 Å². The number of halogens is 3. The van der Waals surface area contributed by atoms with Crippen molar-refractivity contribution in [3.63, 3.8) is 0 Å². The molecule has 9 aromatic rings. The third-order valence-corrected chi connectivity index (χ3v) is 9.78. The van der Waals surface area contributed by atoms with Crippen molar-refractivity contribution in [3.8, 4) is 62.1 Å². The zero-order valence-electron chi connectivity index (χ0n) is 29.1. The SMILES string of the molecule is Cc1ccc(-c2ccc3c(c2)c2ccccc2n3-c2cc(-c3ccc(C(F)(F)F)cc3)ccc2-c2nc(-c3ccccc3)nc(-c3ccccc3)n2)cc1. The Hall–Kier alpha value is -6.86. The quantitative estimate of drug-likeness (QED) is 0.173. The number of para-hydroxylation sites is 1. The minimum absolute atomic E-state index is 0.471. The Morgan fingerprint density at radius 3 is 1.56 bits per heavy atom. The van der Waals surface area contributed by atoms with Crippen molar-refractivity contribution in [2.75, 3.05) is 0 Å². The largest absolute Gasteiger partial charge is 0.416 e. The molecule has 260 valence electrons.